The molecule has 0 aliphatic carbocycles. The van der Waals surface area contributed by atoms with E-state index in [0.717, 1.165) is 4.90 Å². The van der Waals surface area contributed by atoms with Crippen LogP contribution in [0.25, 0.3) is 0 Å². The van der Waals surface area contributed by atoms with E-state index < -0.39 is 46.4 Å². The van der Waals surface area contributed by atoms with Crippen molar-refractivity contribution in [1.82, 2.24) is 0 Å². The molecule has 2 bridgehead atoms. The molecule has 0 unspecified atom stereocenters. The summed E-state index contributed by atoms with van der Waals surface area (Å²) in [6.07, 6.45) is 3.29. The molecule has 0 radical (unpaired) electrons. The Labute approximate surface area is 136 Å². The maximum absolute atomic E-state index is 12.9. The zero-order valence-corrected chi connectivity index (χ0v) is 12.7. The summed E-state index contributed by atoms with van der Waals surface area (Å²) in [7, 11) is 0. The van der Waals surface area contributed by atoms with Gasteiger partial charge in [-0.2, -0.15) is 0 Å². The number of fused-ring (bicyclic) bond motifs is 5. The van der Waals surface area contributed by atoms with Gasteiger partial charge >= 0.3 is 0 Å². The van der Waals surface area contributed by atoms with Crippen LogP contribution in [0.3, 0.4) is 0 Å². The number of rotatable bonds is 3. The molecule has 0 aromatic heterocycles. The largest absolute Gasteiger partial charge is 0.393 e. The van der Waals surface area contributed by atoms with E-state index in [1.54, 1.807) is 19.1 Å². The van der Waals surface area contributed by atoms with Crippen LogP contribution in [0, 0.1) is 22.0 Å². The molecule has 1 aromatic rings. The maximum Gasteiger partial charge on any atom is 0.293 e. The molecule has 124 valence electrons. The van der Waals surface area contributed by atoms with Gasteiger partial charge in [-0.25, -0.2) is 4.90 Å². The van der Waals surface area contributed by atoms with Crippen LogP contribution in [0.2, 0.25) is 0 Å². The van der Waals surface area contributed by atoms with E-state index in [1.807, 2.05) is 0 Å². The summed E-state index contributed by atoms with van der Waals surface area (Å²) in [5, 5.41) is 21.0. The summed E-state index contributed by atoms with van der Waals surface area (Å²) in [5.74, 6) is -2.81. The molecular formula is C16H14N2O6. The van der Waals surface area contributed by atoms with Gasteiger partial charge < -0.3 is 9.84 Å². The van der Waals surface area contributed by atoms with Crippen molar-refractivity contribution in [2.75, 3.05) is 11.5 Å². The van der Waals surface area contributed by atoms with E-state index in [-0.39, 0.29) is 11.4 Å². The number of aliphatic hydroxyl groups is 1. The summed E-state index contributed by atoms with van der Waals surface area (Å²) in [6, 6.07) is 5.62. The number of carbonyl (C=O) groups is 2. The number of nitro groups is 1. The molecular weight excluding hydrogens is 316 g/mol. The van der Waals surface area contributed by atoms with Crippen LogP contribution >= 0.6 is 0 Å². The van der Waals surface area contributed by atoms with Crippen molar-refractivity contribution in [1.29, 1.82) is 0 Å². The smallest absolute Gasteiger partial charge is 0.293 e. The standard InChI is InChI=1S/C16H14N2O6/c1-15-6-7-16(8-19,24-15)12-11(15)13(20)17(14(12)21)9-4-2-3-5-10(9)18(22)23/h2-7,11-12,19H,8H2,1H3/t11-,12-,15+,16-/m1/s1. The van der Waals surface area contributed by atoms with Crippen LogP contribution in [-0.2, 0) is 14.3 Å². The van der Waals surface area contributed by atoms with Crippen LogP contribution in [-0.4, -0.2) is 39.7 Å². The van der Waals surface area contributed by atoms with Gasteiger partial charge in [-0.15, -0.1) is 0 Å². The number of carbonyl (C=O) groups excluding carboxylic acids is 2. The summed E-state index contributed by atoms with van der Waals surface area (Å²) in [5.41, 5.74) is -2.62. The Balaban J connectivity index is 1.85. The van der Waals surface area contributed by atoms with Crippen molar-refractivity contribution in [2.45, 2.75) is 18.1 Å². The Hall–Kier alpha value is -2.58. The molecule has 3 heterocycles. The monoisotopic (exact) mass is 330 g/mol. The van der Waals surface area contributed by atoms with Crippen LogP contribution < -0.4 is 4.90 Å². The number of amides is 2. The summed E-state index contributed by atoms with van der Waals surface area (Å²) in [4.78, 5) is 37.3. The van der Waals surface area contributed by atoms with Crippen LogP contribution in [0.1, 0.15) is 6.92 Å². The first-order chi connectivity index (χ1) is 11.3. The fourth-order valence-corrected chi connectivity index (χ4v) is 4.09. The molecule has 1 N–H and O–H groups in total. The van der Waals surface area contributed by atoms with Crippen molar-refractivity contribution in [3.05, 3.63) is 46.5 Å². The number of hydrogen-bond acceptors (Lipinski definition) is 6. The summed E-state index contributed by atoms with van der Waals surface area (Å²) in [6.45, 7) is 1.24. The fourth-order valence-electron chi connectivity index (χ4n) is 4.09. The average Bonchev–Trinajstić information content (AvgIpc) is 3.13. The number of ether oxygens (including phenoxy) is 1. The highest BCUT2D eigenvalue weighted by Gasteiger charge is 2.72. The predicted octanol–water partition coefficient (Wildman–Crippen LogP) is 0.790. The van der Waals surface area contributed by atoms with E-state index in [1.165, 1.54) is 24.3 Å². The first kappa shape index (κ1) is 15.0. The molecule has 4 rings (SSSR count). The average molecular weight is 330 g/mol. The number of aliphatic hydroxyl groups excluding tert-OH is 1. The third kappa shape index (κ3) is 1.59. The zero-order chi connectivity index (χ0) is 17.3. The molecule has 3 aliphatic heterocycles. The Kier molecular flexibility index (Phi) is 2.80. The predicted molar refractivity (Wildman–Crippen MR) is 81.0 cm³/mol. The van der Waals surface area contributed by atoms with Crippen molar-refractivity contribution in [3.63, 3.8) is 0 Å². The molecule has 8 nitrogen and oxygen atoms in total. The van der Waals surface area contributed by atoms with Gasteiger partial charge in [0, 0.05) is 6.07 Å². The molecule has 3 aliphatic rings. The van der Waals surface area contributed by atoms with E-state index in [4.69, 9.17) is 4.74 Å². The Morgan fingerprint density at radius 2 is 1.92 bits per heavy atom. The van der Waals surface area contributed by atoms with Crippen molar-refractivity contribution in [2.24, 2.45) is 11.8 Å². The molecule has 0 spiro atoms. The number of nitro benzene ring substituents is 1. The van der Waals surface area contributed by atoms with E-state index in [9.17, 15) is 24.8 Å². The third-order valence-corrected chi connectivity index (χ3v) is 5.12. The van der Waals surface area contributed by atoms with Gasteiger partial charge in [-0.3, -0.25) is 19.7 Å². The van der Waals surface area contributed by atoms with Gasteiger partial charge in [0.05, 0.1) is 29.0 Å². The van der Waals surface area contributed by atoms with E-state index >= 15 is 0 Å². The third-order valence-electron chi connectivity index (χ3n) is 5.12. The van der Waals surface area contributed by atoms with Gasteiger partial charge in [-0.1, -0.05) is 24.3 Å². The minimum absolute atomic E-state index is 0.0528. The topological polar surface area (TPSA) is 110 Å². The fraction of sp³-hybridized carbons (Fsp3) is 0.375. The lowest BCUT2D eigenvalue weighted by molar-refractivity contribution is -0.384. The van der Waals surface area contributed by atoms with Gasteiger partial charge in [0.2, 0.25) is 11.8 Å². The molecule has 2 amide bonds. The number of imide groups is 1. The zero-order valence-electron chi connectivity index (χ0n) is 12.7. The second kappa shape index (κ2) is 4.49. The highest BCUT2D eigenvalue weighted by molar-refractivity contribution is 6.24. The minimum Gasteiger partial charge on any atom is -0.393 e. The quantitative estimate of drug-likeness (QED) is 0.380. The van der Waals surface area contributed by atoms with Crippen LogP contribution in [0.4, 0.5) is 11.4 Å². The number of para-hydroxylation sites is 2. The van der Waals surface area contributed by atoms with E-state index in [2.05, 4.69) is 0 Å². The normalized spacial score (nSPS) is 36.5. The molecule has 4 atom stereocenters. The first-order valence-corrected chi connectivity index (χ1v) is 7.47. The number of nitrogens with zero attached hydrogens (tertiary/aromatic N) is 2. The number of anilines is 1. The Morgan fingerprint density at radius 1 is 1.25 bits per heavy atom. The lowest BCUT2D eigenvalue weighted by Crippen LogP contribution is -2.43. The second-order valence-corrected chi connectivity index (χ2v) is 6.45. The summed E-state index contributed by atoms with van der Waals surface area (Å²) >= 11 is 0. The maximum atomic E-state index is 12.9. The number of benzene rings is 1. The highest BCUT2D eigenvalue weighted by atomic mass is 16.6. The molecule has 2 fully saturated rings. The van der Waals surface area contributed by atoms with E-state index in [0.29, 0.717) is 0 Å². The lowest BCUT2D eigenvalue weighted by atomic mass is 9.73. The number of hydrogen-bond donors (Lipinski definition) is 1. The highest BCUT2D eigenvalue weighted by Crippen LogP contribution is 2.57. The van der Waals surface area contributed by atoms with Gasteiger partial charge in [0.15, 0.2) is 0 Å². The van der Waals surface area contributed by atoms with Crippen LogP contribution in [0.5, 0.6) is 0 Å². The molecule has 0 saturated carbocycles. The molecule has 8 heteroatoms. The Bertz CT molecular complexity index is 821. The van der Waals surface area contributed by atoms with Gasteiger partial charge in [-0.05, 0) is 13.0 Å². The van der Waals surface area contributed by atoms with Crippen molar-refractivity contribution in [3.8, 4) is 0 Å². The van der Waals surface area contributed by atoms with Gasteiger partial charge in [0.1, 0.15) is 11.3 Å². The SMILES string of the molecule is C[C@@]12C=C[C@](CO)(O1)[C@H]1C(=O)N(c3ccccc3[N+](=O)[O-])C(=O)[C@@H]12. The minimum atomic E-state index is -1.25. The summed E-state index contributed by atoms with van der Waals surface area (Å²) < 4.78 is 5.80. The second-order valence-electron chi connectivity index (χ2n) is 6.45. The van der Waals surface area contributed by atoms with Crippen molar-refractivity contribution < 1.29 is 24.4 Å². The van der Waals surface area contributed by atoms with Crippen LogP contribution in [0.15, 0.2) is 36.4 Å². The molecule has 24 heavy (non-hydrogen) atoms. The van der Waals surface area contributed by atoms with Gasteiger partial charge in [0.25, 0.3) is 5.69 Å². The van der Waals surface area contributed by atoms with Crippen molar-refractivity contribution >= 4 is 23.2 Å². The molecule has 1 aromatic carbocycles. The first-order valence-electron chi connectivity index (χ1n) is 7.47. The Morgan fingerprint density at radius 3 is 2.58 bits per heavy atom. The lowest BCUT2D eigenvalue weighted by Gasteiger charge is -2.26. The molecule has 2 saturated heterocycles.